The first-order valence-corrected chi connectivity index (χ1v) is 10.7. The maximum atomic E-state index is 12.7. The van der Waals surface area contributed by atoms with Gasteiger partial charge in [0, 0.05) is 23.9 Å². The highest BCUT2D eigenvalue weighted by Crippen LogP contribution is 2.29. The first kappa shape index (κ1) is 22.8. The lowest BCUT2D eigenvalue weighted by molar-refractivity contribution is -0.115. The smallest absolute Gasteiger partial charge is 0.237 e. The summed E-state index contributed by atoms with van der Waals surface area (Å²) in [6.45, 7) is 3.19. The van der Waals surface area contributed by atoms with Crippen molar-refractivity contribution in [3.8, 4) is 23.1 Å². The molecule has 1 atom stereocenters. The van der Waals surface area contributed by atoms with Crippen LogP contribution in [-0.2, 0) is 9.59 Å². The van der Waals surface area contributed by atoms with Gasteiger partial charge in [0.15, 0.2) is 0 Å². The zero-order valence-electron chi connectivity index (χ0n) is 17.9. The lowest BCUT2D eigenvalue weighted by atomic mass is 10.1. The predicted octanol–water partition coefficient (Wildman–Crippen LogP) is 4.71. The standard InChI is InChI=1S/C24H22N4O3S/c1-15(23(30)27-20-9-7-19(8-10-20)26-16(2)29)32-24-18(14-25)6-13-22(28-24)17-4-11-21(31-3)12-5-17/h4-13,15H,1-3H3,(H,26,29)(H,27,30). The minimum Gasteiger partial charge on any atom is -0.497 e. The van der Waals surface area contributed by atoms with E-state index >= 15 is 0 Å². The molecule has 0 aliphatic rings. The van der Waals surface area contributed by atoms with Crippen LogP contribution in [0.15, 0.2) is 65.7 Å². The molecule has 3 aromatic rings. The highest BCUT2D eigenvalue weighted by molar-refractivity contribution is 8.00. The largest absolute Gasteiger partial charge is 0.497 e. The zero-order chi connectivity index (χ0) is 23.1. The number of methoxy groups -OCH3 is 1. The molecule has 1 aromatic heterocycles. The summed E-state index contributed by atoms with van der Waals surface area (Å²) >= 11 is 1.22. The quantitative estimate of drug-likeness (QED) is 0.510. The van der Waals surface area contributed by atoms with E-state index in [2.05, 4.69) is 21.7 Å². The fourth-order valence-electron chi connectivity index (χ4n) is 2.84. The van der Waals surface area contributed by atoms with E-state index in [0.29, 0.717) is 27.7 Å². The van der Waals surface area contributed by atoms with Gasteiger partial charge in [0.2, 0.25) is 11.8 Å². The maximum absolute atomic E-state index is 12.7. The number of thioether (sulfide) groups is 1. The number of rotatable bonds is 7. The number of pyridine rings is 1. The summed E-state index contributed by atoms with van der Waals surface area (Å²) in [4.78, 5) is 28.4. The fourth-order valence-corrected chi connectivity index (χ4v) is 3.74. The second kappa shape index (κ2) is 10.5. The van der Waals surface area contributed by atoms with Gasteiger partial charge in [0.1, 0.15) is 16.8 Å². The summed E-state index contributed by atoms with van der Waals surface area (Å²) in [7, 11) is 1.60. The van der Waals surface area contributed by atoms with Crippen LogP contribution < -0.4 is 15.4 Å². The number of carbonyl (C=O) groups excluding carboxylic acids is 2. The molecule has 2 aromatic carbocycles. The van der Waals surface area contributed by atoms with E-state index in [4.69, 9.17) is 4.74 Å². The van der Waals surface area contributed by atoms with Crippen LogP contribution in [-0.4, -0.2) is 29.2 Å². The Labute approximate surface area is 190 Å². The third-order valence-electron chi connectivity index (χ3n) is 4.50. The molecule has 0 bridgehead atoms. The number of aromatic nitrogens is 1. The highest BCUT2D eigenvalue weighted by atomic mass is 32.2. The van der Waals surface area contributed by atoms with Gasteiger partial charge >= 0.3 is 0 Å². The molecule has 0 saturated heterocycles. The zero-order valence-corrected chi connectivity index (χ0v) is 18.7. The lowest BCUT2D eigenvalue weighted by Gasteiger charge is -2.13. The van der Waals surface area contributed by atoms with Gasteiger partial charge in [-0.2, -0.15) is 5.26 Å². The third-order valence-corrected chi connectivity index (χ3v) is 5.60. The summed E-state index contributed by atoms with van der Waals surface area (Å²) in [6, 6.07) is 19.9. The van der Waals surface area contributed by atoms with Crippen molar-refractivity contribution in [3.05, 3.63) is 66.2 Å². The van der Waals surface area contributed by atoms with Gasteiger partial charge in [-0.15, -0.1) is 0 Å². The molecule has 0 fully saturated rings. The van der Waals surface area contributed by atoms with Crippen LogP contribution in [0, 0.1) is 11.3 Å². The normalized spacial score (nSPS) is 11.2. The van der Waals surface area contributed by atoms with E-state index in [9.17, 15) is 14.9 Å². The molecular weight excluding hydrogens is 424 g/mol. The summed E-state index contributed by atoms with van der Waals surface area (Å²) in [5.74, 6) is 0.361. The number of hydrogen-bond donors (Lipinski definition) is 2. The van der Waals surface area contributed by atoms with E-state index in [0.717, 1.165) is 11.3 Å². The third kappa shape index (κ3) is 5.86. The van der Waals surface area contributed by atoms with Crippen LogP contribution in [0.25, 0.3) is 11.3 Å². The van der Waals surface area contributed by atoms with Gasteiger partial charge in [-0.25, -0.2) is 4.98 Å². The van der Waals surface area contributed by atoms with Crippen LogP contribution >= 0.6 is 11.8 Å². The predicted molar refractivity (Wildman–Crippen MR) is 126 cm³/mol. The Hall–Kier alpha value is -3.83. The van der Waals surface area contributed by atoms with Gasteiger partial charge in [-0.05, 0) is 67.6 Å². The molecule has 0 aliphatic carbocycles. The Bertz CT molecular complexity index is 1160. The molecule has 2 N–H and O–H groups in total. The lowest BCUT2D eigenvalue weighted by Crippen LogP contribution is -2.22. The molecule has 162 valence electrons. The SMILES string of the molecule is COc1ccc(-c2ccc(C#N)c(SC(C)C(=O)Nc3ccc(NC(C)=O)cc3)n2)cc1. The molecule has 0 saturated carbocycles. The maximum Gasteiger partial charge on any atom is 0.237 e. The Kier molecular flexibility index (Phi) is 7.47. The number of nitrogens with one attached hydrogen (secondary N) is 2. The molecule has 2 amide bonds. The van der Waals surface area contributed by atoms with Gasteiger partial charge < -0.3 is 15.4 Å². The van der Waals surface area contributed by atoms with Gasteiger partial charge in [0.05, 0.1) is 23.6 Å². The number of nitriles is 1. The minimum absolute atomic E-state index is 0.163. The molecule has 1 heterocycles. The van der Waals surface area contributed by atoms with Crippen molar-refractivity contribution in [2.75, 3.05) is 17.7 Å². The van der Waals surface area contributed by atoms with Crippen molar-refractivity contribution in [1.82, 2.24) is 4.98 Å². The van der Waals surface area contributed by atoms with Gasteiger partial charge in [-0.1, -0.05) is 11.8 Å². The molecular formula is C24H22N4O3S. The van der Waals surface area contributed by atoms with Crippen LogP contribution in [0.1, 0.15) is 19.4 Å². The topological polar surface area (TPSA) is 104 Å². The van der Waals surface area contributed by atoms with Crippen molar-refractivity contribution < 1.29 is 14.3 Å². The summed E-state index contributed by atoms with van der Waals surface area (Å²) in [5, 5.41) is 15.0. The first-order valence-electron chi connectivity index (χ1n) is 9.80. The highest BCUT2D eigenvalue weighted by Gasteiger charge is 2.18. The van der Waals surface area contributed by atoms with Crippen LogP contribution in [0.2, 0.25) is 0 Å². The molecule has 0 radical (unpaired) electrons. The van der Waals surface area contributed by atoms with Crippen molar-refractivity contribution >= 4 is 35.0 Å². The monoisotopic (exact) mass is 446 g/mol. The number of amides is 2. The Balaban J connectivity index is 1.72. The minimum atomic E-state index is -0.490. The van der Waals surface area contributed by atoms with E-state index in [-0.39, 0.29) is 11.8 Å². The number of carbonyl (C=O) groups is 2. The molecule has 3 rings (SSSR count). The van der Waals surface area contributed by atoms with E-state index in [1.807, 2.05) is 24.3 Å². The second-order valence-corrected chi connectivity index (χ2v) is 8.23. The molecule has 8 heteroatoms. The fraction of sp³-hybridized carbons (Fsp3) is 0.167. The summed E-state index contributed by atoms with van der Waals surface area (Å²) in [6.07, 6.45) is 0. The Morgan fingerprint density at radius 1 is 1.00 bits per heavy atom. The Morgan fingerprint density at radius 2 is 1.62 bits per heavy atom. The van der Waals surface area contributed by atoms with Gasteiger partial charge in [-0.3, -0.25) is 9.59 Å². The Morgan fingerprint density at radius 3 is 2.19 bits per heavy atom. The molecule has 7 nitrogen and oxygen atoms in total. The number of hydrogen-bond acceptors (Lipinski definition) is 6. The second-order valence-electron chi connectivity index (χ2n) is 6.90. The summed E-state index contributed by atoms with van der Waals surface area (Å²) < 4.78 is 5.19. The van der Waals surface area contributed by atoms with Crippen molar-refractivity contribution in [2.45, 2.75) is 24.1 Å². The van der Waals surface area contributed by atoms with E-state index < -0.39 is 5.25 Å². The first-order chi connectivity index (χ1) is 15.4. The molecule has 0 spiro atoms. The average Bonchev–Trinajstić information content (AvgIpc) is 2.80. The number of anilines is 2. The van der Waals surface area contributed by atoms with Crippen LogP contribution in [0.5, 0.6) is 5.75 Å². The van der Waals surface area contributed by atoms with Crippen molar-refractivity contribution in [3.63, 3.8) is 0 Å². The van der Waals surface area contributed by atoms with Crippen molar-refractivity contribution in [2.24, 2.45) is 0 Å². The van der Waals surface area contributed by atoms with Gasteiger partial charge in [0.25, 0.3) is 0 Å². The van der Waals surface area contributed by atoms with Crippen molar-refractivity contribution in [1.29, 1.82) is 5.26 Å². The molecule has 32 heavy (non-hydrogen) atoms. The van der Waals surface area contributed by atoms with Crippen LogP contribution in [0.3, 0.4) is 0 Å². The molecule has 0 aliphatic heterocycles. The summed E-state index contributed by atoms with van der Waals surface area (Å²) in [5.41, 5.74) is 3.25. The number of benzene rings is 2. The van der Waals surface area contributed by atoms with Crippen LogP contribution in [0.4, 0.5) is 11.4 Å². The number of nitrogens with zero attached hydrogens (tertiary/aromatic N) is 2. The van der Waals surface area contributed by atoms with E-state index in [1.54, 1.807) is 50.4 Å². The van der Waals surface area contributed by atoms with E-state index in [1.165, 1.54) is 18.7 Å². The number of ether oxygens (including phenoxy) is 1. The molecule has 1 unspecified atom stereocenters. The average molecular weight is 447 g/mol.